The second-order valence-corrected chi connectivity index (χ2v) is 4.44. The zero-order chi connectivity index (χ0) is 12.0. The van der Waals surface area contributed by atoms with Crippen LogP contribution >= 0.6 is 0 Å². The van der Waals surface area contributed by atoms with Gasteiger partial charge in [-0.1, -0.05) is 19.8 Å². The van der Waals surface area contributed by atoms with Gasteiger partial charge in [0.25, 0.3) is 0 Å². The summed E-state index contributed by atoms with van der Waals surface area (Å²) in [5.41, 5.74) is 6.37. The average Bonchev–Trinajstić information content (AvgIpc) is 2.26. The van der Waals surface area contributed by atoms with Crippen LogP contribution < -0.4 is 10.6 Å². The number of hydrogen-bond acceptors (Lipinski definition) is 3. The van der Waals surface area contributed by atoms with Crippen LogP contribution in [0.1, 0.15) is 40.0 Å². The predicted octanol–water partition coefficient (Wildman–Crippen LogP) is 3.07. The van der Waals surface area contributed by atoms with Crippen molar-refractivity contribution in [2.45, 2.75) is 46.1 Å². The maximum Gasteiger partial charge on any atom is 0.128 e. The fourth-order valence-electron chi connectivity index (χ4n) is 1.74. The van der Waals surface area contributed by atoms with Crippen molar-refractivity contribution in [2.24, 2.45) is 0 Å². The quantitative estimate of drug-likeness (QED) is 0.751. The third-order valence-electron chi connectivity index (χ3n) is 2.69. The summed E-state index contributed by atoms with van der Waals surface area (Å²) in [6.45, 7) is 7.69. The van der Waals surface area contributed by atoms with Gasteiger partial charge in [0.1, 0.15) is 5.82 Å². The van der Waals surface area contributed by atoms with Crippen LogP contribution in [0, 0.1) is 0 Å². The van der Waals surface area contributed by atoms with Crippen molar-refractivity contribution < 1.29 is 0 Å². The summed E-state index contributed by atoms with van der Waals surface area (Å²) in [7, 11) is 0. The summed E-state index contributed by atoms with van der Waals surface area (Å²) in [6, 6.07) is 4.40. The zero-order valence-electron chi connectivity index (χ0n) is 10.6. The third-order valence-corrected chi connectivity index (χ3v) is 2.69. The number of hydrogen-bond donors (Lipinski definition) is 1. The number of aromatic nitrogens is 1. The summed E-state index contributed by atoms with van der Waals surface area (Å²) >= 11 is 0. The molecule has 16 heavy (non-hydrogen) atoms. The molecule has 90 valence electrons. The first-order chi connectivity index (χ1) is 7.65. The topological polar surface area (TPSA) is 42.1 Å². The Balaban J connectivity index is 2.65. The van der Waals surface area contributed by atoms with Crippen LogP contribution in [0.4, 0.5) is 11.5 Å². The molecule has 0 saturated heterocycles. The van der Waals surface area contributed by atoms with E-state index in [1.807, 2.05) is 12.1 Å². The van der Waals surface area contributed by atoms with E-state index in [2.05, 4.69) is 30.7 Å². The lowest BCUT2D eigenvalue weighted by Gasteiger charge is -2.27. The summed E-state index contributed by atoms with van der Waals surface area (Å²) < 4.78 is 0. The lowest BCUT2D eigenvalue weighted by Crippen LogP contribution is -2.32. The highest BCUT2D eigenvalue weighted by atomic mass is 15.2. The molecular weight excluding hydrogens is 198 g/mol. The Labute approximate surface area is 98.7 Å². The van der Waals surface area contributed by atoms with Gasteiger partial charge in [-0.05, 0) is 32.4 Å². The van der Waals surface area contributed by atoms with Crippen LogP contribution in [0.15, 0.2) is 18.3 Å². The normalized spacial score (nSPS) is 10.8. The van der Waals surface area contributed by atoms with E-state index in [-0.39, 0.29) is 0 Å². The van der Waals surface area contributed by atoms with Gasteiger partial charge in [0.2, 0.25) is 0 Å². The van der Waals surface area contributed by atoms with Crippen molar-refractivity contribution >= 4 is 11.5 Å². The SMILES string of the molecule is CCCCCN(c1ccc(N)cn1)C(C)C. The molecule has 3 heteroatoms. The Hall–Kier alpha value is -1.25. The van der Waals surface area contributed by atoms with Gasteiger partial charge < -0.3 is 10.6 Å². The van der Waals surface area contributed by atoms with E-state index >= 15 is 0 Å². The summed E-state index contributed by atoms with van der Waals surface area (Å²) in [5.74, 6) is 1.03. The Morgan fingerprint density at radius 3 is 2.56 bits per heavy atom. The fraction of sp³-hybridized carbons (Fsp3) is 0.615. The minimum atomic E-state index is 0.480. The molecule has 0 aromatic carbocycles. The monoisotopic (exact) mass is 221 g/mol. The van der Waals surface area contributed by atoms with Gasteiger partial charge in [-0.3, -0.25) is 0 Å². The van der Waals surface area contributed by atoms with E-state index in [1.54, 1.807) is 6.20 Å². The molecule has 2 N–H and O–H groups in total. The van der Waals surface area contributed by atoms with Crippen molar-refractivity contribution in [3.05, 3.63) is 18.3 Å². The maximum atomic E-state index is 5.64. The van der Waals surface area contributed by atoms with Crippen LogP contribution in [0.2, 0.25) is 0 Å². The molecule has 0 fully saturated rings. The summed E-state index contributed by atoms with van der Waals surface area (Å²) in [4.78, 5) is 6.71. The second-order valence-electron chi connectivity index (χ2n) is 4.44. The Kier molecular flexibility index (Phi) is 5.09. The number of pyridine rings is 1. The Morgan fingerprint density at radius 1 is 1.31 bits per heavy atom. The van der Waals surface area contributed by atoms with E-state index in [4.69, 9.17) is 5.73 Å². The highest BCUT2D eigenvalue weighted by Crippen LogP contribution is 2.16. The fourth-order valence-corrected chi connectivity index (χ4v) is 1.74. The minimum absolute atomic E-state index is 0.480. The zero-order valence-corrected chi connectivity index (χ0v) is 10.6. The van der Waals surface area contributed by atoms with E-state index in [9.17, 15) is 0 Å². The van der Waals surface area contributed by atoms with Gasteiger partial charge in [0.15, 0.2) is 0 Å². The maximum absolute atomic E-state index is 5.64. The van der Waals surface area contributed by atoms with Gasteiger partial charge in [0, 0.05) is 12.6 Å². The van der Waals surface area contributed by atoms with Crippen molar-refractivity contribution in [3.63, 3.8) is 0 Å². The lowest BCUT2D eigenvalue weighted by atomic mass is 10.2. The number of anilines is 2. The first-order valence-electron chi connectivity index (χ1n) is 6.13. The van der Waals surface area contributed by atoms with Crippen molar-refractivity contribution in [2.75, 3.05) is 17.2 Å². The predicted molar refractivity (Wildman–Crippen MR) is 70.7 cm³/mol. The number of unbranched alkanes of at least 4 members (excludes halogenated alkanes) is 2. The Morgan fingerprint density at radius 2 is 2.06 bits per heavy atom. The van der Waals surface area contributed by atoms with Gasteiger partial charge in [0.05, 0.1) is 11.9 Å². The molecule has 0 unspecified atom stereocenters. The molecule has 0 aliphatic rings. The molecular formula is C13H23N3. The van der Waals surface area contributed by atoms with Gasteiger partial charge in [-0.25, -0.2) is 4.98 Å². The highest BCUT2D eigenvalue weighted by molar-refractivity contribution is 5.46. The molecule has 0 radical (unpaired) electrons. The van der Waals surface area contributed by atoms with Crippen LogP contribution in [0.3, 0.4) is 0 Å². The van der Waals surface area contributed by atoms with Crippen molar-refractivity contribution in [1.82, 2.24) is 4.98 Å². The van der Waals surface area contributed by atoms with Gasteiger partial charge in [-0.2, -0.15) is 0 Å². The van der Waals surface area contributed by atoms with Gasteiger partial charge >= 0.3 is 0 Å². The third kappa shape index (κ3) is 3.72. The molecule has 0 bridgehead atoms. The molecule has 0 spiro atoms. The average molecular weight is 221 g/mol. The van der Waals surface area contributed by atoms with Crippen molar-refractivity contribution in [1.29, 1.82) is 0 Å². The molecule has 0 aliphatic heterocycles. The molecule has 1 aromatic heterocycles. The van der Waals surface area contributed by atoms with E-state index in [1.165, 1.54) is 19.3 Å². The Bertz CT molecular complexity index is 293. The van der Waals surface area contributed by atoms with Crippen molar-refractivity contribution in [3.8, 4) is 0 Å². The van der Waals surface area contributed by atoms with Crippen LogP contribution in [-0.2, 0) is 0 Å². The first-order valence-corrected chi connectivity index (χ1v) is 6.13. The molecule has 0 atom stereocenters. The first kappa shape index (κ1) is 12.8. The lowest BCUT2D eigenvalue weighted by molar-refractivity contribution is 0.620. The smallest absolute Gasteiger partial charge is 0.128 e. The highest BCUT2D eigenvalue weighted by Gasteiger charge is 2.10. The molecule has 1 aromatic rings. The summed E-state index contributed by atoms with van der Waals surface area (Å²) in [5, 5.41) is 0. The standard InChI is InChI=1S/C13H23N3/c1-4-5-6-9-16(11(2)3)13-8-7-12(14)10-15-13/h7-8,10-11H,4-6,9,14H2,1-3H3. The molecule has 0 saturated carbocycles. The van der Waals surface area contributed by atoms with Crippen LogP contribution in [-0.4, -0.2) is 17.6 Å². The van der Waals surface area contributed by atoms with Crippen LogP contribution in [0.5, 0.6) is 0 Å². The molecule has 0 amide bonds. The minimum Gasteiger partial charge on any atom is -0.397 e. The van der Waals surface area contributed by atoms with E-state index in [0.717, 1.165) is 18.1 Å². The number of nitrogens with zero attached hydrogens (tertiary/aromatic N) is 2. The second kappa shape index (κ2) is 6.36. The summed E-state index contributed by atoms with van der Waals surface area (Å²) in [6.07, 6.45) is 5.48. The molecule has 3 nitrogen and oxygen atoms in total. The molecule has 1 rings (SSSR count). The number of rotatable bonds is 6. The number of nitrogen functional groups attached to an aromatic ring is 1. The number of nitrogens with two attached hydrogens (primary N) is 1. The van der Waals surface area contributed by atoms with E-state index < -0.39 is 0 Å². The molecule has 0 aliphatic carbocycles. The van der Waals surface area contributed by atoms with E-state index in [0.29, 0.717) is 6.04 Å². The largest absolute Gasteiger partial charge is 0.397 e. The van der Waals surface area contributed by atoms with Gasteiger partial charge in [-0.15, -0.1) is 0 Å². The molecule has 1 heterocycles. The van der Waals surface area contributed by atoms with Crippen LogP contribution in [0.25, 0.3) is 0 Å².